The minimum absolute atomic E-state index is 0.111. The third-order valence-electron chi connectivity index (χ3n) is 3.38. The molecule has 1 aromatic carbocycles. The van der Waals surface area contributed by atoms with Gasteiger partial charge in [-0.15, -0.1) is 11.3 Å². The average Bonchev–Trinajstić information content (AvgIpc) is 3.02. The largest absolute Gasteiger partial charge is 0.478 e. The molecule has 0 radical (unpaired) electrons. The molecule has 0 aliphatic heterocycles. The number of halogens is 1. The lowest BCUT2D eigenvalue weighted by molar-refractivity contribution is -0.135. The van der Waals surface area contributed by atoms with Crippen molar-refractivity contribution in [2.24, 2.45) is 0 Å². The van der Waals surface area contributed by atoms with E-state index in [1.807, 2.05) is 17.5 Å². The van der Waals surface area contributed by atoms with Crippen molar-refractivity contribution in [3.8, 4) is 5.75 Å². The van der Waals surface area contributed by atoms with Crippen LogP contribution < -0.4 is 10.1 Å². The van der Waals surface area contributed by atoms with Crippen molar-refractivity contribution in [3.05, 3.63) is 51.7 Å². The van der Waals surface area contributed by atoms with E-state index in [-0.39, 0.29) is 12.5 Å². The van der Waals surface area contributed by atoms with Crippen LogP contribution in [0.15, 0.2) is 41.8 Å². The molecule has 2 aromatic rings. The molecule has 0 aliphatic carbocycles. The Kier molecular flexibility index (Phi) is 5.34. The summed E-state index contributed by atoms with van der Waals surface area (Å²) < 4.78 is 5.72. The van der Waals surface area contributed by atoms with Crippen molar-refractivity contribution >= 4 is 28.8 Å². The molecular weight excluding hydrogens is 334 g/mol. The van der Waals surface area contributed by atoms with Crippen LogP contribution in [0.2, 0.25) is 5.02 Å². The molecule has 6 heteroatoms. The van der Waals surface area contributed by atoms with Gasteiger partial charge in [0.1, 0.15) is 11.4 Å². The molecule has 1 amide bonds. The van der Waals surface area contributed by atoms with Gasteiger partial charge in [-0.3, -0.25) is 4.79 Å². The molecule has 0 spiro atoms. The van der Waals surface area contributed by atoms with Gasteiger partial charge in [0.25, 0.3) is 5.91 Å². The second-order valence-corrected chi connectivity index (χ2v) is 7.38. The Hall–Kier alpha value is -1.56. The molecule has 0 unspecified atom stereocenters. The van der Waals surface area contributed by atoms with Crippen molar-refractivity contribution in [3.63, 3.8) is 0 Å². The van der Waals surface area contributed by atoms with Crippen LogP contribution in [-0.2, 0) is 10.4 Å². The summed E-state index contributed by atoms with van der Waals surface area (Å²) in [7, 11) is 0. The second kappa shape index (κ2) is 6.91. The Morgan fingerprint density at radius 3 is 2.48 bits per heavy atom. The van der Waals surface area contributed by atoms with Gasteiger partial charge >= 0.3 is 0 Å². The molecule has 124 valence electrons. The van der Waals surface area contributed by atoms with E-state index in [1.54, 1.807) is 45.0 Å². The van der Waals surface area contributed by atoms with Crippen molar-refractivity contribution < 1.29 is 14.6 Å². The molecule has 2 N–H and O–H groups in total. The Morgan fingerprint density at radius 1 is 1.26 bits per heavy atom. The average molecular weight is 354 g/mol. The Balaban J connectivity index is 1.97. The lowest BCUT2D eigenvalue weighted by Gasteiger charge is -2.28. The summed E-state index contributed by atoms with van der Waals surface area (Å²) in [5, 5.41) is 15.7. The number of hydrogen-bond acceptors (Lipinski definition) is 4. The van der Waals surface area contributed by atoms with Gasteiger partial charge in [0.15, 0.2) is 5.60 Å². The molecule has 1 atom stereocenters. The van der Waals surface area contributed by atoms with Crippen molar-refractivity contribution in [2.75, 3.05) is 6.54 Å². The molecule has 4 nitrogen and oxygen atoms in total. The number of hydrogen-bond donors (Lipinski definition) is 2. The van der Waals surface area contributed by atoms with Crippen LogP contribution in [0, 0.1) is 0 Å². The zero-order valence-electron chi connectivity index (χ0n) is 13.3. The third-order valence-corrected chi connectivity index (χ3v) is 4.75. The normalized spacial score (nSPS) is 14.1. The summed E-state index contributed by atoms with van der Waals surface area (Å²) in [6, 6.07) is 10.5. The predicted octanol–water partition coefficient (Wildman–Crippen LogP) is 3.58. The van der Waals surface area contributed by atoms with Gasteiger partial charge in [0.05, 0.1) is 6.54 Å². The maximum Gasteiger partial charge on any atom is 0.263 e. The van der Waals surface area contributed by atoms with Crippen molar-refractivity contribution in [1.29, 1.82) is 0 Å². The number of benzene rings is 1. The minimum Gasteiger partial charge on any atom is -0.478 e. The van der Waals surface area contributed by atoms with Crippen LogP contribution in [0.5, 0.6) is 5.75 Å². The molecule has 23 heavy (non-hydrogen) atoms. The van der Waals surface area contributed by atoms with E-state index in [0.29, 0.717) is 10.8 Å². The molecule has 2 rings (SSSR count). The van der Waals surface area contributed by atoms with Gasteiger partial charge in [-0.1, -0.05) is 17.7 Å². The summed E-state index contributed by atoms with van der Waals surface area (Å²) >= 11 is 7.28. The number of aliphatic hydroxyl groups is 1. The Morgan fingerprint density at radius 2 is 1.91 bits per heavy atom. The highest BCUT2D eigenvalue weighted by Gasteiger charge is 2.32. The van der Waals surface area contributed by atoms with Gasteiger partial charge in [-0.2, -0.15) is 0 Å². The smallest absolute Gasteiger partial charge is 0.263 e. The maximum absolute atomic E-state index is 12.4. The number of carbonyl (C=O) groups excluding carboxylic acids is 1. The van der Waals surface area contributed by atoms with E-state index < -0.39 is 11.2 Å². The van der Waals surface area contributed by atoms with Crippen molar-refractivity contribution in [2.45, 2.75) is 32.0 Å². The number of thiophene rings is 1. The van der Waals surface area contributed by atoms with E-state index >= 15 is 0 Å². The van der Waals surface area contributed by atoms with E-state index in [2.05, 4.69) is 5.32 Å². The summed E-state index contributed by atoms with van der Waals surface area (Å²) in [6.07, 6.45) is 0. The van der Waals surface area contributed by atoms with E-state index in [0.717, 1.165) is 4.88 Å². The first-order valence-electron chi connectivity index (χ1n) is 7.20. The topological polar surface area (TPSA) is 58.6 Å². The predicted molar refractivity (Wildman–Crippen MR) is 93.1 cm³/mol. The summed E-state index contributed by atoms with van der Waals surface area (Å²) in [4.78, 5) is 13.2. The fourth-order valence-electron chi connectivity index (χ4n) is 1.98. The van der Waals surface area contributed by atoms with Crippen LogP contribution in [0.4, 0.5) is 0 Å². The van der Waals surface area contributed by atoms with E-state index in [4.69, 9.17) is 16.3 Å². The van der Waals surface area contributed by atoms with Crippen LogP contribution in [0.25, 0.3) is 0 Å². The monoisotopic (exact) mass is 353 g/mol. The number of amides is 1. The second-order valence-electron chi connectivity index (χ2n) is 6.00. The highest BCUT2D eigenvalue weighted by molar-refractivity contribution is 7.10. The first kappa shape index (κ1) is 17.8. The zero-order valence-corrected chi connectivity index (χ0v) is 14.9. The number of ether oxygens (including phenoxy) is 1. The zero-order chi connectivity index (χ0) is 17.1. The van der Waals surface area contributed by atoms with Crippen LogP contribution in [0.3, 0.4) is 0 Å². The fourth-order valence-corrected chi connectivity index (χ4v) is 2.89. The molecule has 0 saturated carbocycles. The summed E-state index contributed by atoms with van der Waals surface area (Å²) in [5.74, 6) is 0.254. The quantitative estimate of drug-likeness (QED) is 0.834. The number of rotatable bonds is 6. The SMILES string of the molecule is CC(C)(Oc1ccc(Cl)cc1)C(=O)NC[C@@](C)(O)c1cccs1. The molecule has 0 saturated heterocycles. The molecule has 1 aromatic heterocycles. The fraction of sp³-hybridized carbons (Fsp3) is 0.353. The van der Waals surface area contributed by atoms with Crippen molar-refractivity contribution in [1.82, 2.24) is 5.32 Å². The third kappa shape index (κ3) is 4.70. The highest BCUT2D eigenvalue weighted by Crippen LogP contribution is 2.25. The molecular formula is C17H20ClNO3S. The standard InChI is InChI=1S/C17H20ClNO3S/c1-16(2,22-13-8-6-12(18)7-9-13)15(20)19-11-17(3,21)14-5-4-10-23-14/h4-10,21H,11H2,1-3H3,(H,19,20)/t17-/m1/s1. The maximum atomic E-state index is 12.4. The first-order valence-corrected chi connectivity index (χ1v) is 8.46. The lowest BCUT2D eigenvalue weighted by Crippen LogP contribution is -2.50. The highest BCUT2D eigenvalue weighted by atomic mass is 35.5. The van der Waals surface area contributed by atoms with Gasteiger partial charge in [0, 0.05) is 9.90 Å². The molecule has 0 bridgehead atoms. The van der Waals surface area contributed by atoms with E-state index in [1.165, 1.54) is 11.3 Å². The lowest BCUT2D eigenvalue weighted by atomic mass is 10.0. The molecule has 1 heterocycles. The van der Waals surface area contributed by atoms with E-state index in [9.17, 15) is 9.90 Å². The minimum atomic E-state index is -1.11. The number of nitrogens with one attached hydrogen (secondary N) is 1. The number of carbonyl (C=O) groups is 1. The van der Waals surface area contributed by atoms with Gasteiger partial charge < -0.3 is 15.2 Å². The Bertz CT molecular complexity index is 651. The van der Waals surface area contributed by atoms with Gasteiger partial charge in [-0.05, 0) is 56.5 Å². The van der Waals surface area contributed by atoms with Crippen LogP contribution >= 0.6 is 22.9 Å². The first-order chi connectivity index (χ1) is 10.7. The Labute approximate surface area is 145 Å². The van der Waals surface area contributed by atoms with Crippen LogP contribution in [0.1, 0.15) is 25.6 Å². The van der Waals surface area contributed by atoms with Crippen LogP contribution in [-0.4, -0.2) is 23.2 Å². The summed E-state index contributed by atoms with van der Waals surface area (Å²) in [6.45, 7) is 5.14. The van der Waals surface area contributed by atoms with Gasteiger partial charge in [-0.25, -0.2) is 0 Å². The summed E-state index contributed by atoms with van der Waals surface area (Å²) in [5.41, 5.74) is -2.18. The molecule has 0 aliphatic rings. The molecule has 0 fully saturated rings. The van der Waals surface area contributed by atoms with Gasteiger partial charge in [0.2, 0.25) is 0 Å².